The van der Waals surface area contributed by atoms with Gasteiger partial charge in [-0.3, -0.25) is 9.59 Å². The van der Waals surface area contributed by atoms with E-state index < -0.39 is 0 Å². The molecular formula is C25H32Cl2N2O2. The number of halogens is 2. The Labute approximate surface area is 195 Å². The van der Waals surface area contributed by atoms with Crippen molar-refractivity contribution in [1.29, 1.82) is 0 Å². The third kappa shape index (κ3) is 5.53. The second kappa shape index (κ2) is 10.2. The van der Waals surface area contributed by atoms with E-state index in [0.29, 0.717) is 34.5 Å². The van der Waals surface area contributed by atoms with Gasteiger partial charge in [-0.15, -0.1) is 0 Å². The van der Waals surface area contributed by atoms with Crippen LogP contribution in [0.4, 0.5) is 5.69 Å². The monoisotopic (exact) mass is 462 g/mol. The molecule has 168 valence electrons. The minimum absolute atomic E-state index is 0.0263. The number of aromatic amines is 1. The molecular weight excluding hydrogens is 431 g/mol. The van der Waals surface area contributed by atoms with Gasteiger partial charge in [0.2, 0.25) is 0 Å². The first-order chi connectivity index (χ1) is 14.7. The summed E-state index contributed by atoms with van der Waals surface area (Å²) in [5.74, 6) is 0.0303. The maximum Gasteiger partial charge on any atom is 0.251 e. The van der Waals surface area contributed by atoms with Crippen LogP contribution in [0.2, 0.25) is 10.0 Å². The second-order valence-electron chi connectivity index (χ2n) is 8.88. The average Bonchev–Trinajstić information content (AvgIpc) is 3.25. The number of hydrogen-bond acceptors (Lipinski definition) is 3. The normalized spacial score (nSPS) is 15.3. The fourth-order valence-electron chi connectivity index (χ4n) is 4.68. The molecule has 4 nitrogen and oxygen atoms in total. The molecule has 1 N–H and O–H groups in total. The number of aromatic nitrogens is 1. The molecule has 1 aliphatic carbocycles. The number of H-pyrrole nitrogens is 1. The number of carbonyl (C=O) groups excluding carboxylic acids is 1. The maximum atomic E-state index is 13.2. The summed E-state index contributed by atoms with van der Waals surface area (Å²) in [6, 6.07) is 5.93. The summed E-state index contributed by atoms with van der Waals surface area (Å²) in [5, 5.41) is 0.995. The minimum atomic E-state index is -0.0651. The fraction of sp³-hybridized carbons (Fsp3) is 0.520. The first-order valence-corrected chi connectivity index (χ1v) is 11.9. The lowest BCUT2D eigenvalue weighted by molar-refractivity contribution is 0.0960. The third-order valence-electron chi connectivity index (χ3n) is 6.61. The molecule has 6 heteroatoms. The molecule has 2 aromatic rings. The molecule has 1 unspecified atom stereocenters. The molecule has 1 aromatic heterocycles. The molecule has 1 atom stereocenters. The van der Waals surface area contributed by atoms with Crippen molar-refractivity contribution in [3.63, 3.8) is 0 Å². The van der Waals surface area contributed by atoms with E-state index >= 15 is 0 Å². The zero-order valence-electron chi connectivity index (χ0n) is 18.9. The Bertz CT molecular complexity index is 1010. The van der Waals surface area contributed by atoms with E-state index in [0.717, 1.165) is 41.8 Å². The van der Waals surface area contributed by atoms with Gasteiger partial charge >= 0.3 is 0 Å². The standard InChI is InChI=1S/C25H32Cl2N2O2/c1-5-17(11-20-15(2)10-16(3)28-25(20)31)12-23(30)21-13-18(26)14-22(24(21)27)29(4)19-8-6-7-9-19/h10,13-14,17,19H,5-9,11-12H2,1-4H3,(H,28,31). The predicted molar refractivity (Wildman–Crippen MR) is 130 cm³/mol. The SMILES string of the molecule is CCC(CC(=O)c1cc(Cl)cc(N(C)C2CCCC2)c1Cl)Cc1c(C)cc(C)[nH]c1=O. The van der Waals surface area contributed by atoms with Crippen LogP contribution in [-0.4, -0.2) is 23.9 Å². The smallest absolute Gasteiger partial charge is 0.251 e. The zero-order chi connectivity index (χ0) is 22.7. The number of ketones is 1. The van der Waals surface area contributed by atoms with Crippen molar-refractivity contribution in [2.24, 2.45) is 5.92 Å². The highest BCUT2D eigenvalue weighted by Crippen LogP contribution is 2.37. The highest BCUT2D eigenvalue weighted by molar-refractivity contribution is 6.38. The summed E-state index contributed by atoms with van der Waals surface area (Å²) in [6.45, 7) is 5.87. The van der Waals surface area contributed by atoms with E-state index in [2.05, 4.69) is 16.8 Å². The Morgan fingerprint density at radius 2 is 1.87 bits per heavy atom. The lowest BCUT2D eigenvalue weighted by atomic mass is 9.89. The molecule has 1 saturated carbocycles. The van der Waals surface area contributed by atoms with Crippen molar-refractivity contribution in [1.82, 2.24) is 4.98 Å². The molecule has 3 rings (SSSR count). The molecule has 1 fully saturated rings. The Hall–Kier alpha value is -1.78. The molecule has 1 aromatic carbocycles. The lowest BCUT2D eigenvalue weighted by Crippen LogP contribution is -2.29. The molecule has 1 heterocycles. The highest BCUT2D eigenvalue weighted by Gasteiger charge is 2.25. The summed E-state index contributed by atoms with van der Waals surface area (Å²) >= 11 is 13.1. The van der Waals surface area contributed by atoms with Crippen LogP contribution in [0.3, 0.4) is 0 Å². The Morgan fingerprint density at radius 3 is 2.48 bits per heavy atom. The van der Waals surface area contributed by atoms with Gasteiger partial charge in [-0.2, -0.15) is 0 Å². The maximum absolute atomic E-state index is 13.2. The van der Waals surface area contributed by atoms with Crippen LogP contribution in [0.25, 0.3) is 0 Å². The molecule has 1 aliphatic rings. The van der Waals surface area contributed by atoms with Crippen LogP contribution >= 0.6 is 23.2 Å². The van der Waals surface area contributed by atoms with Crippen molar-refractivity contribution in [3.8, 4) is 0 Å². The number of hydrogen-bond donors (Lipinski definition) is 1. The molecule has 0 radical (unpaired) electrons. The van der Waals surface area contributed by atoms with Gasteiger partial charge in [0.25, 0.3) is 5.56 Å². The van der Waals surface area contributed by atoms with Crippen molar-refractivity contribution < 1.29 is 4.79 Å². The summed E-state index contributed by atoms with van der Waals surface area (Å²) in [6.07, 6.45) is 6.39. The summed E-state index contributed by atoms with van der Waals surface area (Å²) < 4.78 is 0. The van der Waals surface area contributed by atoms with Gasteiger partial charge < -0.3 is 9.88 Å². The molecule has 0 amide bonds. The minimum Gasteiger partial charge on any atom is -0.370 e. The van der Waals surface area contributed by atoms with Crippen molar-refractivity contribution in [2.75, 3.05) is 11.9 Å². The van der Waals surface area contributed by atoms with Crippen molar-refractivity contribution in [3.05, 3.63) is 61.0 Å². The lowest BCUT2D eigenvalue weighted by Gasteiger charge is -2.28. The van der Waals surface area contributed by atoms with E-state index in [1.54, 1.807) is 6.07 Å². The van der Waals surface area contributed by atoms with Crippen LogP contribution in [0, 0.1) is 19.8 Å². The van der Waals surface area contributed by atoms with E-state index in [1.165, 1.54) is 12.8 Å². The number of aryl methyl sites for hydroxylation is 2. The van der Waals surface area contributed by atoms with Gasteiger partial charge in [-0.1, -0.05) is 49.4 Å². The van der Waals surface area contributed by atoms with Crippen LogP contribution < -0.4 is 10.5 Å². The first kappa shape index (κ1) is 23.9. The van der Waals surface area contributed by atoms with Gasteiger partial charge in [-0.05, 0) is 62.8 Å². The largest absolute Gasteiger partial charge is 0.370 e. The van der Waals surface area contributed by atoms with Gasteiger partial charge in [-0.25, -0.2) is 0 Å². The van der Waals surface area contributed by atoms with Gasteiger partial charge in [0.15, 0.2) is 5.78 Å². The van der Waals surface area contributed by atoms with Crippen LogP contribution in [0.1, 0.15) is 72.6 Å². The molecule has 0 spiro atoms. The molecule has 31 heavy (non-hydrogen) atoms. The van der Waals surface area contributed by atoms with Crippen molar-refractivity contribution >= 4 is 34.7 Å². The van der Waals surface area contributed by atoms with E-state index in [-0.39, 0.29) is 17.3 Å². The third-order valence-corrected chi connectivity index (χ3v) is 7.22. The second-order valence-corrected chi connectivity index (χ2v) is 9.70. The Morgan fingerprint density at radius 1 is 1.19 bits per heavy atom. The number of benzene rings is 1. The van der Waals surface area contributed by atoms with Crippen LogP contribution in [-0.2, 0) is 6.42 Å². The fourth-order valence-corrected chi connectivity index (χ4v) is 5.24. The highest BCUT2D eigenvalue weighted by atomic mass is 35.5. The zero-order valence-corrected chi connectivity index (χ0v) is 20.4. The van der Waals surface area contributed by atoms with E-state index in [4.69, 9.17) is 23.2 Å². The van der Waals surface area contributed by atoms with Gasteiger partial charge in [0.1, 0.15) is 0 Å². The molecule has 0 bridgehead atoms. The summed E-state index contributed by atoms with van der Waals surface area (Å²) in [4.78, 5) is 30.7. The molecule has 0 aliphatic heterocycles. The van der Waals surface area contributed by atoms with E-state index in [9.17, 15) is 9.59 Å². The summed E-state index contributed by atoms with van der Waals surface area (Å²) in [7, 11) is 2.03. The predicted octanol–water partition coefficient (Wildman–Crippen LogP) is 6.52. The number of pyridine rings is 1. The number of Topliss-reactive ketones (excluding diaryl/α,β-unsaturated/α-hetero) is 1. The van der Waals surface area contributed by atoms with Crippen molar-refractivity contribution in [2.45, 2.75) is 71.8 Å². The number of nitrogens with one attached hydrogen (secondary N) is 1. The Balaban J connectivity index is 1.82. The molecule has 0 saturated heterocycles. The van der Waals surface area contributed by atoms with Crippen LogP contribution in [0.15, 0.2) is 23.0 Å². The topological polar surface area (TPSA) is 53.2 Å². The quantitative estimate of drug-likeness (QED) is 0.454. The van der Waals surface area contributed by atoms with Gasteiger partial charge in [0.05, 0.1) is 10.7 Å². The van der Waals surface area contributed by atoms with E-state index in [1.807, 2.05) is 33.0 Å². The average molecular weight is 463 g/mol. The number of carbonyl (C=O) groups is 1. The van der Waals surface area contributed by atoms with Gasteiger partial charge in [0, 0.05) is 41.4 Å². The Kier molecular flexibility index (Phi) is 7.87. The summed E-state index contributed by atoms with van der Waals surface area (Å²) in [5.41, 5.74) is 3.80. The first-order valence-electron chi connectivity index (χ1n) is 11.2. The van der Waals surface area contributed by atoms with Crippen LogP contribution in [0.5, 0.6) is 0 Å². The number of anilines is 1. The number of rotatable bonds is 8. The number of nitrogens with zero attached hydrogens (tertiary/aromatic N) is 1.